The van der Waals surface area contributed by atoms with Crippen molar-refractivity contribution < 1.29 is 27.9 Å². The average molecular weight is 295 g/mol. The van der Waals surface area contributed by atoms with Crippen molar-refractivity contribution in [3.63, 3.8) is 0 Å². The van der Waals surface area contributed by atoms with Crippen LogP contribution in [0.1, 0.15) is 12.7 Å². The summed E-state index contributed by atoms with van der Waals surface area (Å²) in [4.78, 5) is 22.1. The van der Waals surface area contributed by atoms with Crippen LogP contribution < -0.4 is 10.6 Å². The molecule has 1 atom stereocenters. The van der Waals surface area contributed by atoms with Gasteiger partial charge >= 0.3 is 18.2 Å². The molecule has 1 unspecified atom stereocenters. The lowest BCUT2D eigenvalue weighted by molar-refractivity contribution is -0.203. The number of amides is 2. The molecule has 1 rings (SSSR count). The van der Waals surface area contributed by atoms with Crippen LogP contribution in [0.4, 0.5) is 18.0 Å². The summed E-state index contributed by atoms with van der Waals surface area (Å²) in [6.45, 7) is 0.160. The number of aliphatic carboxylic acids is 1. The zero-order valence-electron chi connectivity index (χ0n) is 10.5. The molecule has 0 aromatic carbocycles. The molecule has 0 radical (unpaired) electrons. The first-order valence-electron chi connectivity index (χ1n) is 5.27. The van der Waals surface area contributed by atoms with Crippen molar-refractivity contribution in [1.29, 1.82) is 0 Å². The Balaban J connectivity index is 2.69. The molecule has 3 N–H and O–H groups in total. The van der Waals surface area contributed by atoms with E-state index in [1.54, 1.807) is 7.05 Å². The van der Waals surface area contributed by atoms with Crippen molar-refractivity contribution in [2.45, 2.75) is 25.2 Å². The number of aryl methyl sites for hydroxylation is 1. The van der Waals surface area contributed by atoms with Crippen LogP contribution in [-0.4, -0.2) is 43.6 Å². The summed E-state index contributed by atoms with van der Waals surface area (Å²) < 4.78 is 39.4. The molecule has 0 fully saturated rings. The highest BCUT2D eigenvalue weighted by Gasteiger charge is 2.58. The van der Waals surface area contributed by atoms with E-state index < -0.39 is 23.7 Å². The lowest BCUT2D eigenvalue weighted by Gasteiger charge is -2.28. The number of halogens is 3. The molecular formula is C9H12F3N5O3. The van der Waals surface area contributed by atoms with E-state index >= 15 is 0 Å². The van der Waals surface area contributed by atoms with Crippen molar-refractivity contribution in [1.82, 2.24) is 25.4 Å². The van der Waals surface area contributed by atoms with E-state index in [4.69, 9.17) is 5.11 Å². The number of carboxylic acids is 1. The molecule has 0 bridgehead atoms. The fraction of sp³-hybridized carbons (Fsp3) is 0.556. The van der Waals surface area contributed by atoms with Gasteiger partial charge < -0.3 is 20.3 Å². The van der Waals surface area contributed by atoms with Gasteiger partial charge in [0, 0.05) is 7.05 Å². The van der Waals surface area contributed by atoms with Crippen molar-refractivity contribution >= 4 is 12.0 Å². The fourth-order valence-corrected chi connectivity index (χ4v) is 1.14. The van der Waals surface area contributed by atoms with Gasteiger partial charge in [0.2, 0.25) is 5.54 Å². The molecule has 0 aliphatic carbocycles. The van der Waals surface area contributed by atoms with Crippen LogP contribution in [0.3, 0.4) is 0 Å². The maximum absolute atomic E-state index is 12.6. The summed E-state index contributed by atoms with van der Waals surface area (Å²) in [5.41, 5.74) is -3.38. The maximum atomic E-state index is 12.6. The van der Waals surface area contributed by atoms with Crippen LogP contribution in [0.15, 0.2) is 6.33 Å². The smallest absolute Gasteiger partial charge is 0.422 e. The summed E-state index contributed by atoms with van der Waals surface area (Å²) in [7, 11) is 1.58. The van der Waals surface area contributed by atoms with Gasteiger partial charge in [-0.05, 0) is 6.92 Å². The molecule has 2 amide bonds. The van der Waals surface area contributed by atoms with Crippen LogP contribution in [0.2, 0.25) is 0 Å². The number of rotatable bonds is 4. The van der Waals surface area contributed by atoms with Crippen molar-refractivity contribution in [3.05, 3.63) is 12.2 Å². The molecule has 20 heavy (non-hydrogen) atoms. The van der Waals surface area contributed by atoms with Crippen molar-refractivity contribution in [2.24, 2.45) is 7.05 Å². The minimum atomic E-state index is -5.14. The molecule has 0 saturated carbocycles. The van der Waals surface area contributed by atoms with E-state index in [1.165, 1.54) is 16.2 Å². The predicted octanol–water partition coefficient (Wildman–Crippen LogP) is 0.0199. The zero-order chi connectivity index (χ0) is 15.6. The van der Waals surface area contributed by atoms with Crippen molar-refractivity contribution in [3.8, 4) is 0 Å². The third-order valence-electron chi connectivity index (χ3n) is 2.57. The topological polar surface area (TPSA) is 109 Å². The second-order valence-electron chi connectivity index (χ2n) is 4.09. The first-order chi connectivity index (χ1) is 9.08. The Hall–Kier alpha value is -2.33. The number of carbonyl (C=O) groups is 2. The van der Waals surface area contributed by atoms with Crippen LogP contribution in [-0.2, 0) is 18.4 Å². The van der Waals surface area contributed by atoms with Gasteiger partial charge in [-0.15, -0.1) is 10.2 Å². The zero-order valence-corrected chi connectivity index (χ0v) is 10.5. The maximum Gasteiger partial charge on any atom is 0.422 e. The fourth-order valence-electron chi connectivity index (χ4n) is 1.14. The quantitative estimate of drug-likeness (QED) is 0.725. The highest BCUT2D eigenvalue weighted by atomic mass is 19.4. The van der Waals surface area contributed by atoms with E-state index in [9.17, 15) is 22.8 Å². The number of alkyl halides is 3. The molecule has 0 aliphatic rings. The second kappa shape index (κ2) is 5.35. The van der Waals surface area contributed by atoms with Crippen molar-refractivity contribution in [2.75, 3.05) is 0 Å². The monoisotopic (exact) mass is 295 g/mol. The summed E-state index contributed by atoms with van der Waals surface area (Å²) in [5, 5.41) is 19.2. The van der Waals surface area contributed by atoms with E-state index in [-0.39, 0.29) is 6.54 Å². The molecule has 1 heterocycles. The molecule has 0 spiro atoms. The van der Waals surface area contributed by atoms with E-state index in [0.717, 1.165) is 0 Å². The molecule has 112 valence electrons. The molecule has 8 nitrogen and oxygen atoms in total. The van der Waals surface area contributed by atoms with E-state index in [1.807, 2.05) is 0 Å². The Morgan fingerprint density at radius 1 is 1.45 bits per heavy atom. The summed E-state index contributed by atoms with van der Waals surface area (Å²) in [6, 6.07) is -1.28. The molecule has 1 aromatic heterocycles. The molecule has 1 aromatic rings. The van der Waals surface area contributed by atoms with Crippen LogP contribution >= 0.6 is 0 Å². The third-order valence-corrected chi connectivity index (χ3v) is 2.57. The number of nitrogens with one attached hydrogen (secondary N) is 2. The second-order valence-corrected chi connectivity index (χ2v) is 4.09. The van der Waals surface area contributed by atoms with Gasteiger partial charge in [-0.2, -0.15) is 13.2 Å². The number of hydrogen-bond donors (Lipinski definition) is 3. The molecule has 0 aliphatic heterocycles. The first kappa shape index (κ1) is 15.7. The average Bonchev–Trinajstić information content (AvgIpc) is 2.70. The summed E-state index contributed by atoms with van der Waals surface area (Å²) in [5.74, 6) is -1.91. The Bertz CT molecular complexity index is 515. The first-order valence-corrected chi connectivity index (χ1v) is 5.27. The Labute approximate surface area is 111 Å². The molecular weight excluding hydrogens is 283 g/mol. The number of nitrogens with zero attached hydrogens (tertiary/aromatic N) is 3. The Kier molecular flexibility index (Phi) is 4.20. The lowest BCUT2D eigenvalue weighted by Crippen LogP contribution is -2.63. The van der Waals surface area contributed by atoms with Gasteiger partial charge in [-0.3, -0.25) is 0 Å². The van der Waals surface area contributed by atoms with Gasteiger partial charge in [0.05, 0.1) is 6.54 Å². The lowest BCUT2D eigenvalue weighted by atomic mass is 10.0. The summed E-state index contributed by atoms with van der Waals surface area (Å²) >= 11 is 0. The van der Waals surface area contributed by atoms with Crippen LogP contribution in [0.5, 0.6) is 0 Å². The predicted molar refractivity (Wildman–Crippen MR) is 58.5 cm³/mol. The summed E-state index contributed by atoms with van der Waals surface area (Å²) in [6.07, 6.45) is -3.80. The SMILES string of the molecule is Cn1cnnc1CNC(=O)NC(C)(C(=O)O)C(F)(F)F. The van der Waals surface area contributed by atoms with E-state index in [2.05, 4.69) is 15.5 Å². The minimum absolute atomic E-state index is 0.199. The van der Waals surface area contributed by atoms with Gasteiger partial charge in [0.1, 0.15) is 6.33 Å². The highest BCUT2D eigenvalue weighted by molar-refractivity contribution is 5.86. The number of carboxylic acid groups (broad SMARTS) is 1. The Morgan fingerprint density at radius 3 is 2.45 bits per heavy atom. The van der Waals surface area contributed by atoms with Crippen LogP contribution in [0.25, 0.3) is 0 Å². The Morgan fingerprint density at radius 2 is 2.05 bits per heavy atom. The third kappa shape index (κ3) is 3.16. The number of carbonyl (C=O) groups excluding carboxylic acids is 1. The number of urea groups is 1. The standard InChI is InChI=1S/C9H12F3N5O3/c1-8(6(18)19,9(10,11)12)15-7(20)13-3-5-16-14-4-17(5)2/h4H,3H2,1-2H3,(H,18,19)(H2,13,15,20). The highest BCUT2D eigenvalue weighted by Crippen LogP contribution is 2.30. The van der Waals surface area contributed by atoms with Gasteiger partial charge in [-0.1, -0.05) is 0 Å². The van der Waals surface area contributed by atoms with Gasteiger partial charge in [-0.25, -0.2) is 9.59 Å². The number of aromatic nitrogens is 3. The van der Waals surface area contributed by atoms with Crippen LogP contribution in [0, 0.1) is 0 Å². The van der Waals surface area contributed by atoms with E-state index in [0.29, 0.717) is 12.7 Å². The number of hydrogen-bond acceptors (Lipinski definition) is 4. The van der Waals surface area contributed by atoms with Gasteiger partial charge in [0.25, 0.3) is 0 Å². The van der Waals surface area contributed by atoms with Gasteiger partial charge in [0.15, 0.2) is 5.82 Å². The molecule has 0 saturated heterocycles. The minimum Gasteiger partial charge on any atom is -0.479 e. The molecule has 11 heteroatoms. The normalized spacial score (nSPS) is 14.4. The largest absolute Gasteiger partial charge is 0.479 e.